The van der Waals surface area contributed by atoms with Gasteiger partial charge in [0.05, 0.1) is 0 Å². The summed E-state index contributed by atoms with van der Waals surface area (Å²) in [5.41, 5.74) is 7.92. The van der Waals surface area contributed by atoms with Crippen LogP contribution in [0.4, 0.5) is 4.79 Å². The molecule has 30 heavy (non-hydrogen) atoms. The molecule has 0 aliphatic carbocycles. The van der Waals surface area contributed by atoms with Crippen LogP contribution < -0.4 is 20.5 Å². The summed E-state index contributed by atoms with van der Waals surface area (Å²) in [4.78, 5) is 15.6. The monoisotopic (exact) mass is 407 g/mol. The van der Waals surface area contributed by atoms with Gasteiger partial charge in [-0.25, -0.2) is 9.78 Å². The van der Waals surface area contributed by atoms with E-state index < -0.39 is 11.6 Å². The summed E-state index contributed by atoms with van der Waals surface area (Å²) < 4.78 is 11.3. The van der Waals surface area contributed by atoms with E-state index >= 15 is 0 Å². The van der Waals surface area contributed by atoms with Crippen molar-refractivity contribution in [2.24, 2.45) is 11.7 Å². The van der Waals surface area contributed by atoms with Crippen molar-refractivity contribution in [1.29, 1.82) is 0 Å². The molecule has 2 aromatic carbocycles. The number of fused-ring (bicyclic) bond motifs is 1. The van der Waals surface area contributed by atoms with E-state index in [0.29, 0.717) is 12.5 Å². The lowest BCUT2D eigenvalue weighted by molar-refractivity contribution is 0.201. The second-order valence-corrected chi connectivity index (χ2v) is 8.22. The second kappa shape index (κ2) is 9.13. The van der Waals surface area contributed by atoms with Crippen LogP contribution in [-0.2, 0) is 0 Å². The third kappa shape index (κ3) is 5.27. The number of pyridine rings is 1. The molecule has 0 radical (unpaired) electrons. The number of ether oxygens (including phenoxy) is 2. The van der Waals surface area contributed by atoms with Crippen LogP contribution in [0.1, 0.15) is 27.2 Å². The third-order valence-electron chi connectivity index (χ3n) is 4.76. The number of carbonyl (C=O) groups excluding carboxylic acids is 1. The molecule has 0 saturated heterocycles. The highest BCUT2D eigenvalue weighted by Gasteiger charge is 2.21. The zero-order chi connectivity index (χ0) is 21.7. The largest absolute Gasteiger partial charge is 0.491 e. The van der Waals surface area contributed by atoms with E-state index in [0.717, 1.165) is 34.1 Å². The molecule has 1 heterocycles. The number of hydrogen-bond donors (Lipinski definition) is 2. The Balaban J connectivity index is 1.93. The first kappa shape index (κ1) is 21.6. The number of hydrogen-bond acceptors (Lipinski definition) is 5. The maximum absolute atomic E-state index is 11.5. The lowest BCUT2D eigenvalue weighted by Crippen LogP contribution is -2.43. The zero-order valence-corrected chi connectivity index (χ0v) is 17.9. The molecule has 3 rings (SSSR count). The van der Waals surface area contributed by atoms with Crippen molar-refractivity contribution in [2.45, 2.75) is 32.7 Å². The summed E-state index contributed by atoms with van der Waals surface area (Å²) in [6.45, 7) is 6.78. The first-order valence-electron chi connectivity index (χ1n) is 10.1. The Kier molecular flexibility index (Phi) is 6.57. The molecule has 0 aliphatic rings. The van der Waals surface area contributed by atoms with E-state index in [-0.39, 0.29) is 5.88 Å². The number of benzene rings is 2. The summed E-state index contributed by atoms with van der Waals surface area (Å²) >= 11 is 0. The number of aromatic nitrogens is 1. The molecule has 3 N–H and O–H groups in total. The van der Waals surface area contributed by atoms with Gasteiger partial charge in [0.15, 0.2) is 0 Å². The molecule has 0 fully saturated rings. The lowest BCUT2D eigenvalue weighted by Gasteiger charge is -2.27. The molecule has 1 amide bonds. The van der Waals surface area contributed by atoms with Crippen LogP contribution in [0, 0.1) is 5.92 Å². The van der Waals surface area contributed by atoms with Crippen LogP contribution in [0.5, 0.6) is 11.6 Å². The minimum atomic E-state index is -0.556. The Bertz CT molecular complexity index is 1030. The average Bonchev–Trinajstić information content (AvgIpc) is 2.71. The van der Waals surface area contributed by atoms with Gasteiger partial charge in [-0.15, -0.1) is 0 Å². The Morgan fingerprint density at radius 3 is 2.60 bits per heavy atom. The maximum atomic E-state index is 11.5. The van der Waals surface area contributed by atoms with Crippen molar-refractivity contribution in [3.63, 3.8) is 0 Å². The molecule has 6 nitrogen and oxygen atoms in total. The summed E-state index contributed by atoms with van der Waals surface area (Å²) in [5, 5.41) is 4.46. The minimum Gasteiger partial charge on any atom is -0.491 e. The van der Waals surface area contributed by atoms with Crippen molar-refractivity contribution < 1.29 is 14.3 Å². The number of nitrogens with one attached hydrogen (secondary N) is 1. The van der Waals surface area contributed by atoms with Crippen LogP contribution in [0.25, 0.3) is 21.9 Å². The predicted molar refractivity (Wildman–Crippen MR) is 120 cm³/mol. The molecule has 0 unspecified atom stereocenters. The highest BCUT2D eigenvalue weighted by molar-refractivity contribution is 6.00. The Labute approximate surface area is 177 Å². The first-order valence-corrected chi connectivity index (χ1v) is 10.1. The second-order valence-electron chi connectivity index (χ2n) is 8.22. The van der Waals surface area contributed by atoms with Gasteiger partial charge in [-0.1, -0.05) is 44.2 Å². The summed E-state index contributed by atoms with van der Waals surface area (Å²) in [6.07, 6.45) is 1.95. The smallest absolute Gasteiger partial charge is 0.413 e. The van der Waals surface area contributed by atoms with Crippen molar-refractivity contribution >= 4 is 16.9 Å². The number of carbonyl (C=O) groups is 1. The van der Waals surface area contributed by atoms with E-state index in [4.69, 9.17) is 15.2 Å². The first-order chi connectivity index (χ1) is 14.3. The molecule has 0 bridgehead atoms. The van der Waals surface area contributed by atoms with Crippen molar-refractivity contribution in [3.05, 3.63) is 54.7 Å². The van der Waals surface area contributed by atoms with Crippen LogP contribution in [-0.4, -0.2) is 30.3 Å². The molecule has 0 saturated carbocycles. The SMILES string of the molecule is CNC(=O)Oc1cc(-c2ccc(OC[C@@](C)(N)CC(C)C)c3ccccc23)ccn1. The molecule has 3 aromatic rings. The number of amides is 1. The van der Waals surface area contributed by atoms with Crippen LogP contribution in [0.2, 0.25) is 0 Å². The summed E-state index contributed by atoms with van der Waals surface area (Å²) in [5.74, 6) is 1.54. The quantitative estimate of drug-likeness (QED) is 0.590. The van der Waals surface area contributed by atoms with Crippen molar-refractivity contribution in [3.8, 4) is 22.8 Å². The molecule has 1 atom stereocenters. The molecule has 0 spiro atoms. The number of rotatable bonds is 7. The number of nitrogens with two attached hydrogens (primary N) is 1. The molecular weight excluding hydrogens is 378 g/mol. The van der Waals surface area contributed by atoms with Gasteiger partial charge in [0.2, 0.25) is 5.88 Å². The normalized spacial score (nSPS) is 13.1. The summed E-state index contributed by atoms with van der Waals surface area (Å²) in [7, 11) is 1.51. The number of nitrogens with zero attached hydrogens (tertiary/aromatic N) is 1. The lowest BCUT2D eigenvalue weighted by atomic mass is 9.92. The fraction of sp³-hybridized carbons (Fsp3) is 0.333. The van der Waals surface area contributed by atoms with Gasteiger partial charge in [0.1, 0.15) is 12.4 Å². The topological polar surface area (TPSA) is 86.5 Å². The van der Waals surface area contributed by atoms with Crippen molar-refractivity contribution in [1.82, 2.24) is 10.3 Å². The van der Waals surface area contributed by atoms with E-state index in [2.05, 4.69) is 24.1 Å². The standard InChI is InChI=1S/C24H29N3O3/c1-16(2)14-24(3,25)15-29-21-10-9-18(19-7-5-6-8-20(19)21)17-11-12-27-22(13-17)30-23(28)26-4/h5-13,16H,14-15,25H2,1-4H3,(H,26,28)/t24-/m0/s1. The highest BCUT2D eigenvalue weighted by Crippen LogP contribution is 2.35. The van der Waals surface area contributed by atoms with Crippen molar-refractivity contribution in [2.75, 3.05) is 13.7 Å². The van der Waals surface area contributed by atoms with E-state index in [1.807, 2.05) is 49.4 Å². The van der Waals surface area contributed by atoms with Gasteiger partial charge in [-0.05, 0) is 47.9 Å². The Morgan fingerprint density at radius 2 is 1.90 bits per heavy atom. The summed E-state index contributed by atoms with van der Waals surface area (Å²) in [6, 6.07) is 15.7. The van der Waals surface area contributed by atoms with Gasteiger partial charge in [-0.3, -0.25) is 0 Å². The molecule has 6 heteroatoms. The molecule has 0 aliphatic heterocycles. The van der Waals surface area contributed by atoms with Gasteiger partial charge in [0, 0.05) is 30.2 Å². The Morgan fingerprint density at radius 1 is 1.17 bits per heavy atom. The van der Waals surface area contributed by atoms with Gasteiger partial charge >= 0.3 is 6.09 Å². The maximum Gasteiger partial charge on any atom is 0.413 e. The fourth-order valence-electron chi connectivity index (χ4n) is 3.66. The third-order valence-corrected chi connectivity index (χ3v) is 4.76. The average molecular weight is 408 g/mol. The predicted octanol–water partition coefficient (Wildman–Crippen LogP) is 4.76. The van der Waals surface area contributed by atoms with Crippen LogP contribution in [0.3, 0.4) is 0 Å². The highest BCUT2D eigenvalue weighted by atomic mass is 16.6. The van der Waals surface area contributed by atoms with Gasteiger partial charge in [-0.2, -0.15) is 0 Å². The minimum absolute atomic E-state index is 0.240. The molecule has 1 aromatic heterocycles. The Hall–Kier alpha value is -3.12. The van der Waals surface area contributed by atoms with Crippen LogP contribution in [0.15, 0.2) is 54.7 Å². The molecular formula is C24H29N3O3. The van der Waals surface area contributed by atoms with Gasteiger partial charge < -0.3 is 20.5 Å². The zero-order valence-electron chi connectivity index (χ0n) is 17.9. The van der Waals surface area contributed by atoms with Gasteiger partial charge in [0.25, 0.3) is 0 Å². The fourth-order valence-corrected chi connectivity index (χ4v) is 3.66. The molecule has 158 valence electrons. The van der Waals surface area contributed by atoms with E-state index in [1.54, 1.807) is 12.3 Å². The van der Waals surface area contributed by atoms with E-state index in [9.17, 15) is 4.79 Å². The van der Waals surface area contributed by atoms with Crippen LogP contribution >= 0.6 is 0 Å². The van der Waals surface area contributed by atoms with E-state index in [1.165, 1.54) is 7.05 Å².